The fraction of sp³-hybridized carbons (Fsp3) is 0.364. The SMILES string of the molecule is CCC(/C(C)=N/N)c1cc(OC)c(OC)cc1C(=O)c1ccc(OC)c(OC)c1. The van der Waals surface area contributed by atoms with Crippen molar-refractivity contribution in [1.29, 1.82) is 0 Å². The van der Waals surface area contributed by atoms with Crippen molar-refractivity contribution in [3.05, 3.63) is 47.0 Å². The van der Waals surface area contributed by atoms with Crippen molar-refractivity contribution in [3.8, 4) is 23.0 Å². The van der Waals surface area contributed by atoms with Crippen LogP contribution in [-0.4, -0.2) is 39.9 Å². The third-order valence-corrected chi connectivity index (χ3v) is 4.94. The number of hydrogen-bond donors (Lipinski definition) is 1. The van der Waals surface area contributed by atoms with E-state index in [1.165, 1.54) is 14.2 Å². The fourth-order valence-electron chi connectivity index (χ4n) is 3.34. The van der Waals surface area contributed by atoms with Crippen LogP contribution in [0, 0.1) is 0 Å². The molecule has 2 aromatic rings. The van der Waals surface area contributed by atoms with E-state index in [0.29, 0.717) is 40.5 Å². The van der Waals surface area contributed by atoms with Crippen molar-refractivity contribution >= 4 is 11.5 Å². The Hall–Kier alpha value is -3.22. The Labute approximate surface area is 171 Å². The summed E-state index contributed by atoms with van der Waals surface area (Å²) in [7, 11) is 6.17. The fourth-order valence-corrected chi connectivity index (χ4v) is 3.34. The van der Waals surface area contributed by atoms with Gasteiger partial charge < -0.3 is 24.8 Å². The summed E-state index contributed by atoms with van der Waals surface area (Å²) in [6, 6.07) is 8.58. The lowest BCUT2D eigenvalue weighted by atomic mass is 9.85. The van der Waals surface area contributed by atoms with E-state index in [0.717, 1.165) is 11.3 Å². The van der Waals surface area contributed by atoms with Gasteiger partial charge in [-0.15, -0.1) is 0 Å². The number of hydrogen-bond acceptors (Lipinski definition) is 7. The molecule has 0 aliphatic rings. The van der Waals surface area contributed by atoms with E-state index in [2.05, 4.69) is 5.10 Å². The van der Waals surface area contributed by atoms with Crippen LogP contribution >= 0.6 is 0 Å². The van der Waals surface area contributed by atoms with Gasteiger partial charge in [0.05, 0.1) is 28.4 Å². The molecule has 0 aliphatic carbocycles. The van der Waals surface area contributed by atoms with Gasteiger partial charge in [-0.1, -0.05) is 6.92 Å². The minimum atomic E-state index is -0.176. The van der Waals surface area contributed by atoms with E-state index in [4.69, 9.17) is 24.8 Å². The number of carbonyl (C=O) groups is 1. The van der Waals surface area contributed by atoms with Gasteiger partial charge in [-0.2, -0.15) is 5.10 Å². The number of nitrogens with two attached hydrogens (primary N) is 1. The lowest BCUT2D eigenvalue weighted by Crippen LogP contribution is -2.16. The second-order valence-electron chi connectivity index (χ2n) is 6.42. The predicted octanol–water partition coefficient (Wildman–Crippen LogP) is 3.78. The quantitative estimate of drug-likeness (QED) is 0.298. The molecule has 2 aromatic carbocycles. The third kappa shape index (κ3) is 4.45. The molecule has 0 amide bonds. The average molecular weight is 400 g/mol. The lowest BCUT2D eigenvalue weighted by molar-refractivity contribution is 0.103. The highest BCUT2D eigenvalue weighted by atomic mass is 16.5. The lowest BCUT2D eigenvalue weighted by Gasteiger charge is -2.21. The van der Waals surface area contributed by atoms with E-state index >= 15 is 0 Å². The zero-order chi connectivity index (χ0) is 21.6. The van der Waals surface area contributed by atoms with Gasteiger partial charge in [0.2, 0.25) is 0 Å². The molecule has 0 aromatic heterocycles. The summed E-state index contributed by atoms with van der Waals surface area (Å²) in [5.74, 6) is 7.26. The number of ketones is 1. The third-order valence-electron chi connectivity index (χ3n) is 4.94. The Morgan fingerprint density at radius 3 is 2.00 bits per heavy atom. The number of benzene rings is 2. The number of ether oxygens (including phenoxy) is 4. The van der Waals surface area contributed by atoms with E-state index in [1.807, 2.05) is 19.9 Å². The molecular formula is C22H28N2O5. The van der Waals surface area contributed by atoms with E-state index in [-0.39, 0.29) is 11.7 Å². The van der Waals surface area contributed by atoms with Gasteiger partial charge in [-0.3, -0.25) is 4.79 Å². The van der Waals surface area contributed by atoms with Gasteiger partial charge in [0, 0.05) is 22.8 Å². The van der Waals surface area contributed by atoms with Gasteiger partial charge in [0.1, 0.15) is 0 Å². The molecule has 0 fully saturated rings. The average Bonchev–Trinajstić information content (AvgIpc) is 2.77. The molecular weight excluding hydrogens is 372 g/mol. The topological polar surface area (TPSA) is 92.4 Å². The molecule has 0 aliphatic heterocycles. The van der Waals surface area contributed by atoms with Crippen molar-refractivity contribution in [1.82, 2.24) is 0 Å². The van der Waals surface area contributed by atoms with Crippen LogP contribution in [0.2, 0.25) is 0 Å². The molecule has 0 bridgehead atoms. The molecule has 0 saturated heterocycles. The summed E-state index contributed by atoms with van der Waals surface area (Å²) in [6.07, 6.45) is 0.716. The first kappa shape index (κ1) is 22.1. The van der Waals surface area contributed by atoms with Gasteiger partial charge in [-0.25, -0.2) is 0 Å². The Morgan fingerprint density at radius 2 is 1.48 bits per heavy atom. The number of nitrogens with zero attached hydrogens (tertiary/aromatic N) is 1. The maximum absolute atomic E-state index is 13.5. The van der Waals surface area contributed by atoms with Crippen LogP contribution in [0.15, 0.2) is 35.4 Å². The van der Waals surface area contributed by atoms with Crippen molar-refractivity contribution in [3.63, 3.8) is 0 Å². The Kier molecular flexibility index (Phi) is 7.47. The number of methoxy groups -OCH3 is 4. The van der Waals surface area contributed by atoms with Gasteiger partial charge in [-0.05, 0) is 49.2 Å². The summed E-state index contributed by atoms with van der Waals surface area (Å²) in [6.45, 7) is 3.86. The normalized spacial score (nSPS) is 12.3. The zero-order valence-corrected chi connectivity index (χ0v) is 17.7. The Bertz CT molecular complexity index is 908. The molecule has 2 rings (SSSR count). The molecule has 0 radical (unpaired) electrons. The van der Waals surface area contributed by atoms with Crippen LogP contribution in [0.5, 0.6) is 23.0 Å². The minimum Gasteiger partial charge on any atom is -0.493 e. The molecule has 7 nitrogen and oxygen atoms in total. The van der Waals surface area contributed by atoms with Gasteiger partial charge in [0.15, 0.2) is 28.8 Å². The van der Waals surface area contributed by atoms with E-state index in [1.54, 1.807) is 38.5 Å². The molecule has 0 heterocycles. The summed E-state index contributed by atoms with van der Waals surface area (Å²) < 4.78 is 21.5. The van der Waals surface area contributed by atoms with Gasteiger partial charge in [0.25, 0.3) is 0 Å². The second kappa shape index (κ2) is 9.82. The van der Waals surface area contributed by atoms with Crippen LogP contribution < -0.4 is 24.8 Å². The highest BCUT2D eigenvalue weighted by molar-refractivity contribution is 6.11. The predicted molar refractivity (Wildman–Crippen MR) is 113 cm³/mol. The number of hydrazone groups is 1. The first-order valence-corrected chi connectivity index (χ1v) is 9.22. The van der Waals surface area contributed by atoms with Crippen molar-refractivity contribution in [2.45, 2.75) is 26.2 Å². The summed E-state index contributed by atoms with van der Waals surface area (Å²) in [5, 5.41) is 3.85. The Morgan fingerprint density at radius 1 is 0.931 bits per heavy atom. The van der Waals surface area contributed by atoms with Crippen molar-refractivity contribution < 1.29 is 23.7 Å². The smallest absolute Gasteiger partial charge is 0.193 e. The van der Waals surface area contributed by atoms with Crippen LogP contribution in [0.25, 0.3) is 0 Å². The van der Waals surface area contributed by atoms with Crippen molar-refractivity contribution in [2.75, 3.05) is 28.4 Å². The largest absolute Gasteiger partial charge is 0.493 e. The maximum Gasteiger partial charge on any atom is 0.193 e. The van der Waals surface area contributed by atoms with Crippen LogP contribution in [0.4, 0.5) is 0 Å². The highest BCUT2D eigenvalue weighted by Gasteiger charge is 2.25. The summed E-state index contributed by atoms with van der Waals surface area (Å²) in [5.41, 5.74) is 2.45. The first-order valence-electron chi connectivity index (χ1n) is 9.22. The molecule has 29 heavy (non-hydrogen) atoms. The monoisotopic (exact) mass is 400 g/mol. The Balaban J connectivity index is 2.70. The van der Waals surface area contributed by atoms with E-state index in [9.17, 15) is 4.79 Å². The molecule has 0 saturated carbocycles. The van der Waals surface area contributed by atoms with E-state index < -0.39 is 0 Å². The summed E-state index contributed by atoms with van der Waals surface area (Å²) in [4.78, 5) is 13.5. The molecule has 2 N–H and O–H groups in total. The maximum atomic E-state index is 13.5. The van der Waals surface area contributed by atoms with Gasteiger partial charge >= 0.3 is 0 Å². The minimum absolute atomic E-state index is 0.140. The molecule has 1 atom stereocenters. The standard InChI is InChI=1S/C22H28N2O5/c1-7-15(13(2)24-23)16-11-20(28-5)21(29-6)12-17(16)22(25)14-8-9-18(26-3)19(10-14)27-4/h8-12,15H,7,23H2,1-6H3/b24-13+. The summed E-state index contributed by atoms with van der Waals surface area (Å²) >= 11 is 0. The van der Waals surface area contributed by atoms with Crippen LogP contribution in [0.3, 0.4) is 0 Å². The van der Waals surface area contributed by atoms with Crippen LogP contribution in [0.1, 0.15) is 47.7 Å². The molecule has 7 heteroatoms. The zero-order valence-electron chi connectivity index (χ0n) is 17.7. The van der Waals surface area contributed by atoms with Crippen molar-refractivity contribution in [2.24, 2.45) is 10.9 Å². The molecule has 1 unspecified atom stereocenters. The number of rotatable bonds is 9. The van der Waals surface area contributed by atoms with Crippen LogP contribution in [-0.2, 0) is 0 Å². The second-order valence-corrected chi connectivity index (χ2v) is 6.42. The molecule has 156 valence electrons. The number of carbonyl (C=O) groups excluding carboxylic acids is 1. The highest BCUT2D eigenvalue weighted by Crippen LogP contribution is 2.37. The first-order chi connectivity index (χ1) is 13.9. The molecule has 0 spiro atoms.